The highest BCUT2D eigenvalue weighted by atomic mass is 16.3. The average molecular weight is 366 g/mol. The fourth-order valence-corrected chi connectivity index (χ4v) is 3.30. The molecule has 2 amide bonds. The van der Waals surface area contributed by atoms with Gasteiger partial charge in [0.15, 0.2) is 0 Å². The van der Waals surface area contributed by atoms with Gasteiger partial charge in [0.2, 0.25) is 0 Å². The van der Waals surface area contributed by atoms with E-state index in [4.69, 9.17) is 4.42 Å². The molecule has 2 aromatic rings. The Morgan fingerprint density at radius 2 is 1.85 bits per heavy atom. The first-order valence-corrected chi connectivity index (χ1v) is 9.53. The maximum atomic E-state index is 12.7. The van der Waals surface area contributed by atoms with Gasteiger partial charge in [-0.25, -0.2) is 0 Å². The van der Waals surface area contributed by atoms with E-state index in [1.807, 2.05) is 19.1 Å². The van der Waals surface area contributed by atoms with Gasteiger partial charge in [0, 0.05) is 18.2 Å². The van der Waals surface area contributed by atoms with Crippen molar-refractivity contribution in [1.29, 1.82) is 0 Å². The van der Waals surface area contributed by atoms with Crippen LogP contribution in [-0.4, -0.2) is 18.4 Å². The summed E-state index contributed by atoms with van der Waals surface area (Å²) < 4.78 is 5.30. The minimum atomic E-state index is -0.319. The Balaban J connectivity index is 1.69. The number of amides is 2. The summed E-state index contributed by atoms with van der Waals surface area (Å²) in [4.78, 5) is 25.2. The highest BCUT2D eigenvalue weighted by Gasteiger charge is 2.18. The van der Waals surface area contributed by atoms with Crippen LogP contribution >= 0.6 is 0 Å². The van der Waals surface area contributed by atoms with E-state index in [-0.39, 0.29) is 17.5 Å². The number of hydrogen-bond donors (Lipinski definition) is 2. The minimum absolute atomic E-state index is 0.186. The van der Waals surface area contributed by atoms with Crippen molar-refractivity contribution in [2.24, 2.45) is 5.92 Å². The molecule has 142 valence electrons. The lowest BCUT2D eigenvalue weighted by Crippen LogP contribution is -2.37. The van der Waals surface area contributed by atoms with Crippen LogP contribution in [0.5, 0.6) is 0 Å². The van der Waals surface area contributed by atoms with E-state index in [0.29, 0.717) is 23.8 Å². The molecule has 1 fully saturated rings. The van der Waals surface area contributed by atoms with Crippen molar-refractivity contribution >= 4 is 17.9 Å². The molecule has 3 rings (SSSR count). The second-order valence-corrected chi connectivity index (χ2v) is 7.11. The third kappa shape index (κ3) is 5.58. The van der Waals surface area contributed by atoms with Crippen LogP contribution < -0.4 is 10.6 Å². The second kappa shape index (κ2) is 9.21. The van der Waals surface area contributed by atoms with Crippen molar-refractivity contribution in [1.82, 2.24) is 10.6 Å². The molecule has 1 aliphatic rings. The molecule has 1 aromatic carbocycles. The van der Waals surface area contributed by atoms with E-state index in [9.17, 15) is 9.59 Å². The molecule has 1 saturated carbocycles. The lowest BCUT2D eigenvalue weighted by Gasteiger charge is -2.22. The van der Waals surface area contributed by atoms with Crippen molar-refractivity contribution in [3.8, 4) is 0 Å². The smallest absolute Gasteiger partial charge is 0.267 e. The molecular weight excluding hydrogens is 340 g/mol. The Hall–Kier alpha value is -2.82. The summed E-state index contributed by atoms with van der Waals surface area (Å²) in [5.41, 5.74) is 1.76. The Morgan fingerprint density at radius 1 is 1.11 bits per heavy atom. The number of benzene rings is 1. The fraction of sp³-hybridized carbons (Fsp3) is 0.364. The first kappa shape index (κ1) is 19.0. The van der Waals surface area contributed by atoms with Crippen molar-refractivity contribution in [3.05, 3.63) is 65.2 Å². The first-order valence-electron chi connectivity index (χ1n) is 9.53. The fourth-order valence-electron chi connectivity index (χ4n) is 3.30. The zero-order valence-corrected chi connectivity index (χ0v) is 15.7. The first-order chi connectivity index (χ1) is 13.1. The van der Waals surface area contributed by atoms with Crippen LogP contribution in [0, 0.1) is 12.8 Å². The molecule has 1 aliphatic carbocycles. The Labute approximate surface area is 159 Å². The van der Waals surface area contributed by atoms with Crippen LogP contribution in [0.2, 0.25) is 0 Å². The van der Waals surface area contributed by atoms with Crippen LogP contribution in [0.1, 0.15) is 53.8 Å². The van der Waals surface area contributed by atoms with E-state index in [0.717, 1.165) is 18.4 Å². The van der Waals surface area contributed by atoms with Gasteiger partial charge in [-0.3, -0.25) is 9.59 Å². The Morgan fingerprint density at radius 3 is 2.52 bits per heavy atom. The van der Waals surface area contributed by atoms with Gasteiger partial charge in [-0.2, -0.15) is 0 Å². The van der Waals surface area contributed by atoms with E-state index in [1.165, 1.54) is 25.5 Å². The lowest BCUT2D eigenvalue weighted by atomic mass is 9.89. The Kier molecular flexibility index (Phi) is 6.47. The highest BCUT2D eigenvalue weighted by molar-refractivity contribution is 6.05. The largest absolute Gasteiger partial charge is 0.465 e. The summed E-state index contributed by atoms with van der Waals surface area (Å²) in [6.07, 6.45) is 9.11. The van der Waals surface area contributed by atoms with Crippen LogP contribution in [0.15, 0.2) is 52.8 Å². The second-order valence-electron chi connectivity index (χ2n) is 7.11. The van der Waals surface area contributed by atoms with E-state index in [1.54, 1.807) is 30.3 Å². The maximum Gasteiger partial charge on any atom is 0.267 e. The number of hydrogen-bond acceptors (Lipinski definition) is 3. The van der Waals surface area contributed by atoms with E-state index < -0.39 is 0 Å². The van der Waals surface area contributed by atoms with Crippen molar-refractivity contribution in [3.63, 3.8) is 0 Å². The van der Waals surface area contributed by atoms with Gasteiger partial charge in [-0.15, -0.1) is 0 Å². The average Bonchev–Trinajstić information content (AvgIpc) is 3.20. The van der Waals surface area contributed by atoms with Gasteiger partial charge in [-0.05, 0) is 49.9 Å². The maximum absolute atomic E-state index is 12.7. The van der Waals surface area contributed by atoms with Gasteiger partial charge >= 0.3 is 0 Å². The zero-order chi connectivity index (χ0) is 19.1. The predicted octanol–water partition coefficient (Wildman–Crippen LogP) is 4.06. The standard InChI is InChI=1S/C22H26N2O3/c1-16-9-11-18(12-10-16)21(25)24-20(14-19-8-5-13-27-19)22(26)23-15-17-6-3-2-4-7-17/h5,8-14,17H,2-4,6-7,15H2,1H3,(H,23,26)(H,24,25)/b20-14-. The number of aryl methyl sites for hydroxylation is 1. The van der Waals surface area contributed by atoms with E-state index in [2.05, 4.69) is 10.6 Å². The van der Waals surface area contributed by atoms with Crippen LogP contribution in [0.25, 0.3) is 6.08 Å². The molecule has 0 atom stereocenters. The van der Waals surface area contributed by atoms with Crippen molar-refractivity contribution in [2.45, 2.75) is 39.0 Å². The number of nitrogens with one attached hydrogen (secondary N) is 2. The molecule has 27 heavy (non-hydrogen) atoms. The lowest BCUT2D eigenvalue weighted by molar-refractivity contribution is -0.118. The number of carbonyl (C=O) groups is 2. The molecule has 0 saturated heterocycles. The number of carbonyl (C=O) groups excluding carboxylic acids is 2. The molecule has 0 radical (unpaired) electrons. The third-order valence-electron chi connectivity index (χ3n) is 4.91. The topological polar surface area (TPSA) is 71.3 Å². The molecule has 1 aromatic heterocycles. The molecule has 2 N–H and O–H groups in total. The SMILES string of the molecule is Cc1ccc(C(=O)N/C(=C\c2ccco2)C(=O)NCC2CCCCC2)cc1. The zero-order valence-electron chi connectivity index (χ0n) is 15.7. The Bertz CT molecular complexity index is 785. The van der Waals surface area contributed by atoms with Crippen molar-refractivity contribution in [2.75, 3.05) is 6.54 Å². The molecule has 5 heteroatoms. The highest BCUT2D eigenvalue weighted by Crippen LogP contribution is 2.22. The van der Waals surface area contributed by atoms with Gasteiger partial charge < -0.3 is 15.1 Å². The summed E-state index contributed by atoms with van der Waals surface area (Å²) in [6, 6.07) is 10.7. The summed E-state index contributed by atoms with van der Waals surface area (Å²) in [7, 11) is 0. The van der Waals surface area contributed by atoms with Crippen LogP contribution in [0.3, 0.4) is 0 Å². The quantitative estimate of drug-likeness (QED) is 0.758. The molecule has 5 nitrogen and oxygen atoms in total. The van der Waals surface area contributed by atoms with Crippen LogP contribution in [-0.2, 0) is 4.79 Å². The third-order valence-corrected chi connectivity index (χ3v) is 4.91. The predicted molar refractivity (Wildman–Crippen MR) is 105 cm³/mol. The number of furan rings is 1. The van der Waals surface area contributed by atoms with Gasteiger partial charge in [0.05, 0.1) is 6.26 Å². The van der Waals surface area contributed by atoms with Gasteiger partial charge in [0.25, 0.3) is 11.8 Å². The van der Waals surface area contributed by atoms with Gasteiger partial charge in [-0.1, -0.05) is 37.0 Å². The number of rotatable bonds is 6. The van der Waals surface area contributed by atoms with Gasteiger partial charge in [0.1, 0.15) is 11.5 Å². The molecule has 0 spiro atoms. The summed E-state index contributed by atoms with van der Waals surface area (Å²) in [5, 5.41) is 5.70. The normalized spacial score (nSPS) is 15.4. The summed E-state index contributed by atoms with van der Waals surface area (Å²) >= 11 is 0. The monoisotopic (exact) mass is 366 g/mol. The molecule has 1 heterocycles. The molecule has 0 aliphatic heterocycles. The van der Waals surface area contributed by atoms with Crippen molar-refractivity contribution < 1.29 is 14.0 Å². The van der Waals surface area contributed by atoms with E-state index >= 15 is 0 Å². The molecular formula is C22H26N2O3. The minimum Gasteiger partial charge on any atom is -0.465 e. The summed E-state index contributed by atoms with van der Waals surface area (Å²) in [5.74, 6) is 0.417. The van der Waals surface area contributed by atoms with Crippen LogP contribution in [0.4, 0.5) is 0 Å². The molecule has 0 bridgehead atoms. The summed E-state index contributed by atoms with van der Waals surface area (Å²) in [6.45, 7) is 2.59. The molecule has 0 unspecified atom stereocenters.